The number of benzene rings is 1. The molecule has 7 nitrogen and oxygen atoms in total. The van der Waals surface area contributed by atoms with Gasteiger partial charge in [-0.2, -0.15) is 0 Å². The van der Waals surface area contributed by atoms with Crippen LogP contribution in [-0.4, -0.2) is 23.2 Å². The Bertz CT molecular complexity index is 706. The van der Waals surface area contributed by atoms with E-state index in [1.165, 1.54) is 0 Å². The summed E-state index contributed by atoms with van der Waals surface area (Å²) in [6.45, 7) is 4.28. The van der Waals surface area contributed by atoms with E-state index < -0.39 is 6.03 Å². The lowest BCUT2D eigenvalue weighted by atomic mass is 10.1. The third-order valence-electron chi connectivity index (χ3n) is 3.63. The topological polar surface area (TPSA) is 102 Å². The Hall–Kier alpha value is -2.93. The van der Waals surface area contributed by atoms with Crippen molar-refractivity contribution in [2.75, 3.05) is 0 Å². The third kappa shape index (κ3) is 6.52. The van der Waals surface area contributed by atoms with Crippen molar-refractivity contribution >= 4 is 12.0 Å². The molecular weight excluding hydrogens is 330 g/mol. The van der Waals surface area contributed by atoms with Crippen molar-refractivity contribution in [1.29, 1.82) is 0 Å². The van der Waals surface area contributed by atoms with Crippen LogP contribution >= 0.6 is 0 Å². The average molecular weight is 355 g/mol. The largest absolute Gasteiger partial charge is 0.354 e. The maximum Gasteiger partial charge on any atom is 0.318 e. The van der Waals surface area contributed by atoms with E-state index in [0.717, 1.165) is 17.7 Å². The molecule has 0 saturated heterocycles. The van der Waals surface area contributed by atoms with E-state index in [-0.39, 0.29) is 18.2 Å². The lowest BCUT2D eigenvalue weighted by Gasteiger charge is -2.19. The molecule has 2 unspecified atom stereocenters. The number of primary amides is 1. The van der Waals surface area contributed by atoms with Crippen LogP contribution in [0.25, 0.3) is 0 Å². The standard InChI is InChI=1S/C19H25N5O2/c1-3-16(17-11-7-8-12-21-17)23-19(24-18(20)25)22-14(2)26-13-15-9-5-4-6-10-15/h4-12,14,16H,3,13H2,1-2H3,(H4,20,22,23,24,25). The molecule has 0 aliphatic carbocycles. The fraction of sp³-hybridized carbons (Fsp3) is 0.316. The van der Waals surface area contributed by atoms with Gasteiger partial charge in [0.05, 0.1) is 18.3 Å². The van der Waals surface area contributed by atoms with Crippen LogP contribution in [0.2, 0.25) is 0 Å². The van der Waals surface area contributed by atoms with Gasteiger partial charge in [0.1, 0.15) is 6.23 Å². The van der Waals surface area contributed by atoms with Gasteiger partial charge in [-0.1, -0.05) is 43.3 Å². The molecule has 2 amide bonds. The number of carbonyl (C=O) groups excluding carboxylic acids is 1. The smallest absolute Gasteiger partial charge is 0.318 e. The fourth-order valence-electron chi connectivity index (χ4n) is 2.35. The molecule has 0 fully saturated rings. The molecule has 1 heterocycles. The van der Waals surface area contributed by atoms with E-state index in [1.807, 2.05) is 62.4 Å². The summed E-state index contributed by atoms with van der Waals surface area (Å²) >= 11 is 0. The zero-order chi connectivity index (χ0) is 18.8. The fourth-order valence-corrected chi connectivity index (χ4v) is 2.35. The predicted molar refractivity (Wildman–Crippen MR) is 101 cm³/mol. The van der Waals surface area contributed by atoms with Gasteiger partial charge in [0.25, 0.3) is 0 Å². The second kappa shape index (κ2) is 10.1. The number of aromatic nitrogens is 1. The molecule has 0 aliphatic heterocycles. The number of hydrogen-bond acceptors (Lipinski definition) is 4. The highest BCUT2D eigenvalue weighted by molar-refractivity contribution is 5.95. The van der Waals surface area contributed by atoms with Crippen LogP contribution < -0.4 is 16.4 Å². The van der Waals surface area contributed by atoms with Crippen molar-refractivity contribution in [1.82, 2.24) is 15.6 Å². The van der Waals surface area contributed by atoms with Crippen LogP contribution in [-0.2, 0) is 11.3 Å². The van der Waals surface area contributed by atoms with E-state index >= 15 is 0 Å². The van der Waals surface area contributed by atoms with E-state index in [4.69, 9.17) is 10.5 Å². The summed E-state index contributed by atoms with van der Waals surface area (Å²) in [4.78, 5) is 20.2. The molecule has 0 bridgehead atoms. The second-order valence-electron chi connectivity index (χ2n) is 5.73. The molecule has 0 spiro atoms. The van der Waals surface area contributed by atoms with Crippen molar-refractivity contribution < 1.29 is 9.53 Å². The summed E-state index contributed by atoms with van der Waals surface area (Å²) in [6.07, 6.45) is 2.07. The van der Waals surface area contributed by atoms with E-state index in [9.17, 15) is 4.79 Å². The normalized spacial score (nSPS) is 13.7. The number of urea groups is 1. The van der Waals surface area contributed by atoms with Crippen LogP contribution in [0.3, 0.4) is 0 Å². The average Bonchev–Trinajstić information content (AvgIpc) is 2.65. The number of nitrogens with zero attached hydrogens (tertiary/aromatic N) is 2. The van der Waals surface area contributed by atoms with Gasteiger partial charge in [-0.05, 0) is 31.0 Å². The third-order valence-corrected chi connectivity index (χ3v) is 3.63. The summed E-state index contributed by atoms with van der Waals surface area (Å²) in [5.41, 5.74) is 7.14. The SMILES string of the molecule is CCC(N=C(NC(N)=O)NC(C)OCc1ccccc1)c1ccccn1. The number of nitrogens with two attached hydrogens (primary N) is 1. The lowest BCUT2D eigenvalue weighted by molar-refractivity contribution is 0.0430. The van der Waals surface area contributed by atoms with Crippen LogP contribution in [0, 0.1) is 0 Å². The van der Waals surface area contributed by atoms with Crippen LogP contribution in [0.15, 0.2) is 59.7 Å². The quantitative estimate of drug-likeness (QED) is 0.404. The van der Waals surface area contributed by atoms with Gasteiger partial charge in [-0.15, -0.1) is 0 Å². The highest BCUT2D eigenvalue weighted by Gasteiger charge is 2.14. The first-order valence-corrected chi connectivity index (χ1v) is 8.55. The molecule has 7 heteroatoms. The molecular formula is C19H25N5O2. The first kappa shape index (κ1) is 19.4. The lowest BCUT2D eigenvalue weighted by Crippen LogP contribution is -2.47. The van der Waals surface area contributed by atoms with Gasteiger partial charge < -0.3 is 15.8 Å². The minimum Gasteiger partial charge on any atom is -0.354 e. The maximum atomic E-state index is 11.3. The van der Waals surface area contributed by atoms with E-state index in [0.29, 0.717) is 6.61 Å². The molecule has 1 aromatic carbocycles. The minimum atomic E-state index is -0.692. The van der Waals surface area contributed by atoms with Crippen molar-refractivity contribution in [2.24, 2.45) is 10.7 Å². The first-order chi connectivity index (χ1) is 12.6. The molecule has 2 rings (SSSR count). The van der Waals surface area contributed by atoms with Crippen molar-refractivity contribution in [3.8, 4) is 0 Å². The van der Waals surface area contributed by atoms with Crippen LogP contribution in [0.1, 0.15) is 37.6 Å². The summed E-state index contributed by atoms with van der Waals surface area (Å²) in [6, 6.07) is 14.6. The van der Waals surface area contributed by atoms with Gasteiger partial charge in [0.15, 0.2) is 0 Å². The maximum absolute atomic E-state index is 11.3. The molecule has 2 aromatic rings. The van der Waals surface area contributed by atoms with Crippen molar-refractivity contribution in [3.05, 3.63) is 66.0 Å². The number of aliphatic imine (C=N–C) groups is 1. The number of guanidine groups is 1. The zero-order valence-electron chi connectivity index (χ0n) is 15.1. The van der Waals surface area contributed by atoms with Gasteiger partial charge in [0.2, 0.25) is 5.96 Å². The Morgan fingerprint density at radius 3 is 2.58 bits per heavy atom. The number of rotatable bonds is 7. The van der Waals surface area contributed by atoms with Gasteiger partial charge >= 0.3 is 6.03 Å². The molecule has 0 aliphatic rings. The summed E-state index contributed by atoms with van der Waals surface area (Å²) < 4.78 is 5.76. The Kier molecular flexibility index (Phi) is 7.57. The molecule has 26 heavy (non-hydrogen) atoms. The van der Waals surface area contributed by atoms with Crippen LogP contribution in [0.4, 0.5) is 4.79 Å². The number of amides is 2. The highest BCUT2D eigenvalue weighted by Crippen LogP contribution is 2.18. The Labute approximate surface area is 153 Å². The predicted octanol–water partition coefficient (Wildman–Crippen LogP) is 2.71. The molecule has 0 saturated carbocycles. The number of nitrogens with one attached hydrogen (secondary N) is 2. The zero-order valence-corrected chi connectivity index (χ0v) is 15.1. The van der Waals surface area contributed by atoms with Gasteiger partial charge in [0, 0.05) is 6.20 Å². The summed E-state index contributed by atoms with van der Waals surface area (Å²) in [7, 11) is 0. The Morgan fingerprint density at radius 2 is 1.96 bits per heavy atom. The number of hydrogen-bond donors (Lipinski definition) is 3. The minimum absolute atomic E-state index is 0.202. The van der Waals surface area contributed by atoms with Crippen molar-refractivity contribution in [3.63, 3.8) is 0 Å². The highest BCUT2D eigenvalue weighted by atomic mass is 16.5. The molecule has 1 aromatic heterocycles. The molecule has 138 valence electrons. The Balaban J connectivity index is 2.04. The molecule has 0 radical (unpaired) electrons. The second-order valence-corrected chi connectivity index (χ2v) is 5.73. The van der Waals surface area contributed by atoms with Gasteiger partial charge in [-0.3, -0.25) is 10.3 Å². The van der Waals surface area contributed by atoms with Gasteiger partial charge in [-0.25, -0.2) is 9.79 Å². The number of pyridine rings is 1. The van der Waals surface area contributed by atoms with E-state index in [2.05, 4.69) is 20.6 Å². The number of ether oxygens (including phenoxy) is 1. The first-order valence-electron chi connectivity index (χ1n) is 8.55. The number of carbonyl (C=O) groups is 1. The van der Waals surface area contributed by atoms with Crippen molar-refractivity contribution in [2.45, 2.75) is 39.1 Å². The summed E-state index contributed by atoms with van der Waals surface area (Å²) in [5, 5.41) is 5.55. The van der Waals surface area contributed by atoms with E-state index in [1.54, 1.807) is 6.20 Å². The molecule has 4 N–H and O–H groups in total. The summed E-state index contributed by atoms with van der Waals surface area (Å²) in [5.74, 6) is 0.260. The van der Waals surface area contributed by atoms with Crippen LogP contribution in [0.5, 0.6) is 0 Å². The molecule has 2 atom stereocenters. The monoisotopic (exact) mass is 355 g/mol. The Morgan fingerprint density at radius 1 is 1.23 bits per heavy atom.